The Morgan fingerprint density at radius 3 is 2.15 bits per heavy atom. The zero-order valence-electron chi connectivity index (χ0n) is 19.4. The summed E-state index contributed by atoms with van der Waals surface area (Å²) in [4.78, 5) is 27.7. The van der Waals surface area contributed by atoms with Crippen LogP contribution in [0.25, 0.3) is 0 Å². The summed E-state index contributed by atoms with van der Waals surface area (Å²) in [6.45, 7) is 4.94. The summed E-state index contributed by atoms with van der Waals surface area (Å²) in [5, 5.41) is 3.13. The molecule has 0 bridgehead atoms. The van der Waals surface area contributed by atoms with Crippen LogP contribution in [-0.2, 0) is 26.2 Å². The molecule has 34 heavy (non-hydrogen) atoms. The van der Waals surface area contributed by atoms with Gasteiger partial charge in [0.25, 0.3) is 0 Å². The average molecular weight is 549 g/mol. The highest BCUT2D eigenvalue weighted by molar-refractivity contribution is 7.92. The normalized spacial score (nSPS) is 13.1. The van der Waals surface area contributed by atoms with Crippen molar-refractivity contribution >= 4 is 62.3 Å². The Labute approximate surface area is 216 Å². The van der Waals surface area contributed by atoms with Gasteiger partial charge in [0.1, 0.15) is 12.6 Å². The lowest BCUT2D eigenvalue weighted by molar-refractivity contribution is -0.139. The van der Waals surface area contributed by atoms with Crippen LogP contribution in [-0.4, -0.2) is 50.0 Å². The van der Waals surface area contributed by atoms with Gasteiger partial charge in [0.15, 0.2) is 0 Å². The molecule has 1 N–H and O–H groups in total. The van der Waals surface area contributed by atoms with Gasteiger partial charge in [-0.25, -0.2) is 8.42 Å². The van der Waals surface area contributed by atoms with Gasteiger partial charge in [-0.05, 0) is 38.0 Å². The molecule has 0 radical (unpaired) electrons. The molecule has 186 valence electrons. The molecule has 0 saturated heterocycles. The Hall–Kier alpha value is -2.00. The monoisotopic (exact) mass is 547 g/mol. The zero-order chi connectivity index (χ0) is 25.6. The van der Waals surface area contributed by atoms with Crippen LogP contribution < -0.4 is 9.62 Å². The number of benzene rings is 2. The highest BCUT2D eigenvalue weighted by Crippen LogP contribution is 2.35. The summed E-state index contributed by atoms with van der Waals surface area (Å²) in [6, 6.07) is 10.8. The minimum atomic E-state index is -3.94. The van der Waals surface area contributed by atoms with E-state index < -0.39 is 28.5 Å². The average Bonchev–Trinajstić information content (AvgIpc) is 2.77. The molecule has 0 aliphatic heterocycles. The SMILES string of the molecule is CC[C@@H](C)NC(=O)[C@H](C)N(Cc1ccccc1)C(=O)CN(c1cc(Cl)c(Cl)cc1Cl)S(C)(=O)=O. The Bertz CT molecular complexity index is 1130. The first-order valence-electron chi connectivity index (χ1n) is 10.6. The van der Waals surface area contributed by atoms with Crippen LogP contribution in [0.3, 0.4) is 0 Å². The molecule has 0 spiro atoms. The second-order valence-electron chi connectivity index (χ2n) is 7.99. The highest BCUT2D eigenvalue weighted by Gasteiger charge is 2.31. The Morgan fingerprint density at radius 2 is 1.59 bits per heavy atom. The van der Waals surface area contributed by atoms with Crippen LogP contribution in [0.4, 0.5) is 5.69 Å². The van der Waals surface area contributed by atoms with Crippen LogP contribution in [0.15, 0.2) is 42.5 Å². The van der Waals surface area contributed by atoms with Gasteiger partial charge >= 0.3 is 0 Å². The zero-order valence-corrected chi connectivity index (χ0v) is 22.5. The number of carbonyl (C=O) groups is 2. The first-order chi connectivity index (χ1) is 15.8. The second-order valence-corrected chi connectivity index (χ2v) is 11.1. The molecule has 0 unspecified atom stereocenters. The number of hydrogen-bond acceptors (Lipinski definition) is 4. The molecule has 2 rings (SSSR count). The number of carbonyl (C=O) groups excluding carboxylic acids is 2. The van der Waals surface area contributed by atoms with Crippen molar-refractivity contribution in [2.75, 3.05) is 17.1 Å². The second kappa shape index (κ2) is 12.1. The van der Waals surface area contributed by atoms with Crippen molar-refractivity contribution in [1.29, 1.82) is 0 Å². The van der Waals surface area contributed by atoms with Crippen molar-refractivity contribution in [1.82, 2.24) is 10.2 Å². The summed E-state index contributed by atoms with van der Waals surface area (Å²) < 4.78 is 26.1. The van der Waals surface area contributed by atoms with E-state index in [-0.39, 0.29) is 39.2 Å². The molecule has 2 amide bonds. The fraction of sp³-hybridized carbons (Fsp3) is 0.391. The first-order valence-corrected chi connectivity index (χ1v) is 13.6. The molecule has 0 aliphatic carbocycles. The van der Waals surface area contributed by atoms with Crippen LogP contribution >= 0.6 is 34.8 Å². The molecule has 0 aliphatic rings. The fourth-order valence-corrected chi connectivity index (χ4v) is 4.67. The highest BCUT2D eigenvalue weighted by atomic mass is 35.5. The molecule has 0 fully saturated rings. The molecular formula is C23H28Cl3N3O4S. The predicted molar refractivity (Wildman–Crippen MR) is 138 cm³/mol. The van der Waals surface area contributed by atoms with Crippen molar-refractivity contribution < 1.29 is 18.0 Å². The van der Waals surface area contributed by atoms with Gasteiger partial charge in [0, 0.05) is 12.6 Å². The molecule has 7 nitrogen and oxygen atoms in total. The molecular weight excluding hydrogens is 521 g/mol. The number of nitrogens with zero attached hydrogens (tertiary/aromatic N) is 2. The molecule has 2 aromatic rings. The minimum absolute atomic E-state index is 0.0169. The summed E-state index contributed by atoms with van der Waals surface area (Å²) in [5.74, 6) is -0.916. The number of nitrogens with one attached hydrogen (secondary N) is 1. The van der Waals surface area contributed by atoms with E-state index in [1.165, 1.54) is 17.0 Å². The fourth-order valence-electron chi connectivity index (χ4n) is 3.13. The third kappa shape index (κ3) is 7.50. The summed E-state index contributed by atoms with van der Waals surface area (Å²) in [7, 11) is -3.94. The van der Waals surface area contributed by atoms with Crippen LogP contribution in [0, 0.1) is 0 Å². The molecule has 0 heterocycles. The number of sulfonamides is 1. The maximum absolute atomic E-state index is 13.5. The summed E-state index contributed by atoms with van der Waals surface area (Å²) in [5.41, 5.74) is 0.806. The summed E-state index contributed by atoms with van der Waals surface area (Å²) in [6.07, 6.45) is 1.68. The van der Waals surface area contributed by atoms with Gasteiger partial charge < -0.3 is 10.2 Å². The lowest BCUT2D eigenvalue weighted by Crippen LogP contribution is -2.52. The largest absolute Gasteiger partial charge is 0.352 e. The van der Waals surface area contributed by atoms with E-state index in [1.807, 2.05) is 44.2 Å². The molecule has 0 aromatic heterocycles. The number of amides is 2. The quantitative estimate of drug-likeness (QED) is 0.434. The van der Waals surface area contributed by atoms with Crippen molar-refractivity contribution in [2.24, 2.45) is 0 Å². The standard InChI is InChI=1S/C23H28Cl3N3O4S/c1-5-15(2)27-23(31)16(3)28(13-17-9-7-6-8-10-17)22(30)14-29(34(4,32)33)21-12-19(25)18(24)11-20(21)26/h6-12,15-16H,5,13-14H2,1-4H3,(H,27,31)/t15-,16+/m1/s1. The number of hydrogen-bond donors (Lipinski definition) is 1. The number of anilines is 1. The van der Waals surface area contributed by atoms with Crippen LogP contribution in [0.2, 0.25) is 15.1 Å². The van der Waals surface area contributed by atoms with Crippen molar-refractivity contribution in [3.63, 3.8) is 0 Å². The smallest absolute Gasteiger partial charge is 0.244 e. The van der Waals surface area contributed by atoms with Crippen molar-refractivity contribution in [2.45, 2.75) is 45.8 Å². The third-order valence-electron chi connectivity index (χ3n) is 5.30. The van der Waals surface area contributed by atoms with Crippen molar-refractivity contribution in [3.05, 3.63) is 63.1 Å². The molecule has 11 heteroatoms. The predicted octanol–water partition coefficient (Wildman–Crippen LogP) is 4.74. The van der Waals surface area contributed by atoms with E-state index in [4.69, 9.17) is 34.8 Å². The van der Waals surface area contributed by atoms with Gasteiger partial charge in [-0.3, -0.25) is 13.9 Å². The minimum Gasteiger partial charge on any atom is -0.352 e. The van der Waals surface area contributed by atoms with E-state index >= 15 is 0 Å². The molecule has 0 saturated carbocycles. The first kappa shape index (κ1) is 28.2. The maximum atomic E-state index is 13.5. The maximum Gasteiger partial charge on any atom is 0.244 e. The van der Waals surface area contributed by atoms with E-state index in [0.717, 1.165) is 22.5 Å². The van der Waals surface area contributed by atoms with E-state index in [9.17, 15) is 18.0 Å². The summed E-state index contributed by atoms with van der Waals surface area (Å²) >= 11 is 18.3. The lowest BCUT2D eigenvalue weighted by Gasteiger charge is -2.32. The molecule has 2 aromatic carbocycles. The Morgan fingerprint density at radius 1 is 1.00 bits per heavy atom. The topological polar surface area (TPSA) is 86.8 Å². The lowest BCUT2D eigenvalue weighted by atomic mass is 10.1. The number of rotatable bonds is 10. The Balaban J connectivity index is 2.43. The third-order valence-corrected chi connectivity index (χ3v) is 7.45. The van der Waals surface area contributed by atoms with Gasteiger partial charge in [-0.2, -0.15) is 0 Å². The van der Waals surface area contributed by atoms with E-state index in [1.54, 1.807) is 6.92 Å². The van der Waals surface area contributed by atoms with Crippen LogP contribution in [0.1, 0.15) is 32.8 Å². The van der Waals surface area contributed by atoms with Crippen LogP contribution in [0.5, 0.6) is 0 Å². The Kier molecular flexibility index (Phi) is 10.1. The van der Waals surface area contributed by atoms with Gasteiger partial charge in [-0.1, -0.05) is 72.1 Å². The molecule has 2 atom stereocenters. The van der Waals surface area contributed by atoms with Gasteiger partial charge in [0.2, 0.25) is 21.8 Å². The van der Waals surface area contributed by atoms with E-state index in [0.29, 0.717) is 0 Å². The van der Waals surface area contributed by atoms with E-state index in [2.05, 4.69) is 5.32 Å². The van der Waals surface area contributed by atoms with Crippen molar-refractivity contribution in [3.8, 4) is 0 Å². The van der Waals surface area contributed by atoms with Gasteiger partial charge in [0.05, 0.1) is 27.0 Å². The number of halogens is 3. The van der Waals surface area contributed by atoms with Gasteiger partial charge in [-0.15, -0.1) is 0 Å².